The number of aryl methyl sites for hydroxylation is 1. The first kappa shape index (κ1) is 32.2. The van der Waals surface area contributed by atoms with E-state index >= 15 is 0 Å². The quantitative estimate of drug-likeness (QED) is 0.205. The summed E-state index contributed by atoms with van der Waals surface area (Å²) < 4.78 is 46.6. The number of amides is 1. The predicted molar refractivity (Wildman–Crippen MR) is 179 cm³/mol. The minimum atomic E-state index is -3.08. The van der Waals surface area contributed by atoms with Gasteiger partial charge < -0.3 is 24.4 Å². The average Bonchev–Trinajstić information content (AvgIpc) is 3.72. The van der Waals surface area contributed by atoms with E-state index in [1.165, 1.54) is 21.5 Å². The Morgan fingerprint density at radius 3 is 2.65 bits per heavy atom. The van der Waals surface area contributed by atoms with Gasteiger partial charge in [0.2, 0.25) is 0 Å². The standard InChI is InChI=1S/C35H36F2N8O4/c1-23(43-13-9-25(10-14-43)44-15-17-47-18-16-44)24-5-3-6-26(19-24)48-27-7-8-31(49-35(36)37)28(20-27)32-30(22-42(2)41-32)40-34(46)29-21-39-45-12-4-11-38-33(29)45/h3-8,11-12,19-22,25,35H,1,9-10,13-18H2,2H3,(H,40,46). The van der Waals surface area contributed by atoms with E-state index in [0.717, 1.165) is 63.5 Å². The summed E-state index contributed by atoms with van der Waals surface area (Å²) in [5, 5.41) is 11.5. The second-order valence-corrected chi connectivity index (χ2v) is 11.9. The SMILES string of the molecule is C=C(c1cccc(Oc2ccc(OC(F)F)c(-c3nn(C)cc3NC(=O)c3cnn4cccnc34)c2)c1)N1CCC(N2CCOCC2)CC1. The highest BCUT2D eigenvalue weighted by Crippen LogP contribution is 2.39. The number of hydrogen-bond acceptors (Lipinski definition) is 9. The smallest absolute Gasteiger partial charge is 0.387 e. The summed E-state index contributed by atoms with van der Waals surface area (Å²) in [4.78, 5) is 22.4. The number of nitrogens with one attached hydrogen (secondary N) is 1. The lowest BCUT2D eigenvalue weighted by Crippen LogP contribution is -2.48. The molecular weight excluding hydrogens is 634 g/mol. The molecule has 14 heteroatoms. The summed E-state index contributed by atoms with van der Waals surface area (Å²) in [6.07, 6.45) is 8.35. The molecule has 2 fully saturated rings. The number of nitrogens with zero attached hydrogens (tertiary/aromatic N) is 7. The number of alkyl halides is 2. The number of piperidine rings is 1. The number of halogens is 2. The molecule has 5 heterocycles. The lowest BCUT2D eigenvalue weighted by molar-refractivity contribution is -0.0494. The number of carbonyl (C=O) groups is 1. The summed E-state index contributed by atoms with van der Waals surface area (Å²) in [6, 6.07) is 14.4. The average molecular weight is 671 g/mol. The fourth-order valence-corrected chi connectivity index (χ4v) is 6.41. The summed E-state index contributed by atoms with van der Waals surface area (Å²) in [5.41, 5.74) is 3.14. The first-order valence-corrected chi connectivity index (χ1v) is 16.1. The summed E-state index contributed by atoms with van der Waals surface area (Å²) in [6.45, 7) is 6.70. The topological polar surface area (TPSA) is 111 Å². The first-order valence-electron chi connectivity index (χ1n) is 16.1. The number of morpholine rings is 1. The third-order valence-corrected chi connectivity index (χ3v) is 8.83. The van der Waals surface area contributed by atoms with Crippen molar-refractivity contribution in [1.82, 2.24) is 34.2 Å². The molecule has 0 atom stereocenters. The van der Waals surface area contributed by atoms with Crippen LogP contribution in [0.25, 0.3) is 22.6 Å². The molecular formula is C35H36F2N8O4. The number of anilines is 1. The monoisotopic (exact) mass is 670 g/mol. The number of hydrogen-bond donors (Lipinski definition) is 1. The van der Waals surface area contributed by atoms with Gasteiger partial charge in [-0.1, -0.05) is 18.7 Å². The molecule has 0 aliphatic carbocycles. The molecule has 12 nitrogen and oxygen atoms in total. The number of carbonyl (C=O) groups excluding carboxylic acids is 1. The second-order valence-electron chi connectivity index (χ2n) is 11.9. The van der Waals surface area contributed by atoms with E-state index < -0.39 is 12.5 Å². The first-order chi connectivity index (χ1) is 23.8. The van der Waals surface area contributed by atoms with Crippen molar-refractivity contribution in [3.63, 3.8) is 0 Å². The molecule has 0 radical (unpaired) electrons. The van der Waals surface area contributed by atoms with Gasteiger partial charge in [-0.25, -0.2) is 9.50 Å². The Kier molecular flexibility index (Phi) is 9.22. The molecule has 1 amide bonds. The number of ether oxygens (including phenoxy) is 3. The third kappa shape index (κ3) is 7.10. The van der Waals surface area contributed by atoms with Crippen LogP contribution in [-0.2, 0) is 11.8 Å². The molecule has 1 N–H and O–H groups in total. The van der Waals surface area contributed by atoms with E-state index in [2.05, 4.69) is 36.9 Å². The Labute approximate surface area is 281 Å². The fourth-order valence-electron chi connectivity index (χ4n) is 6.41. The van der Waals surface area contributed by atoms with Crippen LogP contribution in [0.2, 0.25) is 0 Å². The van der Waals surface area contributed by atoms with E-state index in [9.17, 15) is 13.6 Å². The van der Waals surface area contributed by atoms with Crippen LogP contribution in [0.5, 0.6) is 17.2 Å². The van der Waals surface area contributed by atoms with Gasteiger partial charge in [0.15, 0.2) is 5.65 Å². The molecule has 3 aromatic heterocycles. The molecule has 2 aromatic carbocycles. The maximum absolute atomic E-state index is 13.5. The summed E-state index contributed by atoms with van der Waals surface area (Å²) in [7, 11) is 1.66. The Hall–Kier alpha value is -5.34. The zero-order valence-electron chi connectivity index (χ0n) is 27.0. The highest BCUT2D eigenvalue weighted by atomic mass is 19.3. The molecule has 0 bridgehead atoms. The largest absolute Gasteiger partial charge is 0.457 e. The van der Waals surface area contributed by atoms with Gasteiger partial charge in [0.25, 0.3) is 5.91 Å². The maximum atomic E-state index is 13.5. The van der Waals surface area contributed by atoms with Crippen molar-refractivity contribution in [2.75, 3.05) is 44.7 Å². The molecule has 2 aliphatic rings. The number of benzene rings is 2. The van der Waals surface area contributed by atoms with Crippen molar-refractivity contribution < 1.29 is 27.8 Å². The van der Waals surface area contributed by atoms with Crippen molar-refractivity contribution in [3.8, 4) is 28.5 Å². The highest BCUT2D eigenvalue weighted by molar-refractivity contribution is 6.09. The van der Waals surface area contributed by atoms with Crippen molar-refractivity contribution in [3.05, 3.63) is 91.0 Å². The van der Waals surface area contributed by atoms with Crippen molar-refractivity contribution >= 4 is 22.9 Å². The maximum Gasteiger partial charge on any atom is 0.387 e. The molecule has 0 spiro atoms. The van der Waals surface area contributed by atoms with E-state index in [1.54, 1.807) is 43.8 Å². The molecule has 2 aliphatic heterocycles. The number of likely N-dealkylation sites (tertiary alicyclic amines) is 1. The van der Waals surface area contributed by atoms with E-state index in [4.69, 9.17) is 14.2 Å². The van der Waals surface area contributed by atoms with E-state index in [0.29, 0.717) is 23.2 Å². The Bertz CT molecular complexity index is 1960. The van der Waals surface area contributed by atoms with Crippen molar-refractivity contribution in [1.29, 1.82) is 0 Å². The third-order valence-electron chi connectivity index (χ3n) is 8.83. The molecule has 0 unspecified atom stereocenters. The number of aromatic nitrogens is 5. The van der Waals surface area contributed by atoms with Gasteiger partial charge in [-0.2, -0.15) is 19.0 Å². The lowest BCUT2D eigenvalue weighted by Gasteiger charge is -2.41. The van der Waals surface area contributed by atoms with E-state index in [-0.39, 0.29) is 28.3 Å². The van der Waals surface area contributed by atoms with Crippen LogP contribution in [0, 0.1) is 0 Å². The highest BCUT2D eigenvalue weighted by Gasteiger charge is 2.27. The fraction of sp³-hybridized carbons (Fsp3) is 0.314. The van der Waals surface area contributed by atoms with Crippen LogP contribution in [-0.4, -0.2) is 92.1 Å². The Morgan fingerprint density at radius 1 is 1.06 bits per heavy atom. The van der Waals surface area contributed by atoms with Crippen molar-refractivity contribution in [2.24, 2.45) is 7.05 Å². The second kappa shape index (κ2) is 14.0. The Balaban J connectivity index is 1.10. The van der Waals surface area contributed by atoms with Gasteiger partial charge in [-0.05, 0) is 49.2 Å². The minimum absolute atomic E-state index is 0.128. The summed E-state index contributed by atoms with van der Waals surface area (Å²) in [5.74, 6) is 0.289. The molecule has 254 valence electrons. The number of rotatable bonds is 10. The van der Waals surface area contributed by atoms with Crippen LogP contribution >= 0.6 is 0 Å². The lowest BCUT2D eigenvalue weighted by atomic mass is 10.0. The van der Waals surface area contributed by atoms with E-state index in [1.807, 2.05) is 24.3 Å². The molecule has 5 aromatic rings. The van der Waals surface area contributed by atoms with Gasteiger partial charge in [0.05, 0.1) is 30.7 Å². The van der Waals surface area contributed by atoms with Gasteiger partial charge in [0, 0.05) is 69.1 Å². The molecule has 2 saturated heterocycles. The van der Waals surface area contributed by atoms with Crippen LogP contribution < -0.4 is 14.8 Å². The molecule has 0 saturated carbocycles. The zero-order chi connectivity index (χ0) is 33.9. The predicted octanol–water partition coefficient (Wildman–Crippen LogP) is 5.54. The van der Waals surface area contributed by atoms with Crippen molar-refractivity contribution in [2.45, 2.75) is 25.5 Å². The minimum Gasteiger partial charge on any atom is -0.457 e. The zero-order valence-corrected chi connectivity index (χ0v) is 27.0. The van der Waals surface area contributed by atoms with Crippen LogP contribution in [0.3, 0.4) is 0 Å². The number of fused-ring (bicyclic) bond motifs is 1. The molecule has 7 rings (SSSR count). The van der Waals surface area contributed by atoms with Crippen LogP contribution in [0.15, 0.2) is 79.9 Å². The summed E-state index contributed by atoms with van der Waals surface area (Å²) >= 11 is 0. The van der Waals surface area contributed by atoms with Gasteiger partial charge in [0.1, 0.15) is 28.5 Å². The van der Waals surface area contributed by atoms with Crippen LogP contribution in [0.4, 0.5) is 14.5 Å². The van der Waals surface area contributed by atoms with Gasteiger partial charge in [-0.15, -0.1) is 0 Å². The Morgan fingerprint density at radius 2 is 1.86 bits per heavy atom. The van der Waals surface area contributed by atoms with Crippen LogP contribution in [0.1, 0.15) is 28.8 Å². The molecule has 49 heavy (non-hydrogen) atoms. The normalized spacial score (nSPS) is 15.9. The van der Waals surface area contributed by atoms with Gasteiger partial charge in [-0.3, -0.25) is 14.4 Å². The van der Waals surface area contributed by atoms with Gasteiger partial charge >= 0.3 is 6.61 Å².